The molecule has 2 saturated heterocycles. The number of nitrogens with zero attached hydrogens (tertiary/aromatic N) is 8. The van der Waals surface area contributed by atoms with Gasteiger partial charge in [0.05, 0.1) is 31.5 Å². The molecule has 2 aliphatic heterocycles. The predicted molar refractivity (Wildman–Crippen MR) is 213 cm³/mol. The minimum Gasteiger partial charge on any atom is -0.539 e. The molecule has 63 heavy (non-hydrogen) atoms. The molecule has 0 aliphatic carbocycles. The smallest absolute Gasteiger partial charge is 0.539 e. The number of esters is 1. The van der Waals surface area contributed by atoms with E-state index in [0.717, 1.165) is 50.5 Å². The van der Waals surface area contributed by atoms with E-state index < -0.39 is 59.5 Å². The van der Waals surface area contributed by atoms with Gasteiger partial charge in [0.15, 0.2) is 5.97 Å². The van der Waals surface area contributed by atoms with E-state index >= 15 is 4.39 Å². The summed E-state index contributed by atoms with van der Waals surface area (Å²) in [7, 11) is 0. The molecule has 0 N–H and O–H groups in total. The Labute approximate surface area is 382 Å². The number of hydrogen-bond donors (Lipinski definition) is 0. The zero-order valence-corrected chi connectivity index (χ0v) is 37.2. The average Bonchev–Trinajstić information content (AvgIpc) is 4.02. The van der Waals surface area contributed by atoms with Crippen molar-refractivity contribution in [2.24, 2.45) is 5.92 Å². The van der Waals surface area contributed by atoms with E-state index in [9.17, 15) is 28.7 Å². The van der Waals surface area contributed by atoms with Crippen molar-refractivity contribution in [2.75, 3.05) is 49.2 Å². The summed E-state index contributed by atoms with van der Waals surface area (Å²) in [6.07, 6.45) is 1.45. The van der Waals surface area contributed by atoms with Crippen molar-refractivity contribution in [2.45, 2.75) is 64.2 Å². The molecular weight excluding hydrogens is 837 g/mol. The van der Waals surface area contributed by atoms with Crippen LogP contribution in [0.4, 0.5) is 25.0 Å². The normalized spacial score (nSPS) is 18.8. The van der Waals surface area contributed by atoms with E-state index in [1.54, 1.807) is 18.5 Å². The second-order valence-electron chi connectivity index (χ2n) is 15.0. The molecule has 7 rings (SSSR count). The Balaban J connectivity index is 0.00000661. The monoisotopic (exact) mass is 882 g/mol. The van der Waals surface area contributed by atoms with Gasteiger partial charge in [0, 0.05) is 62.0 Å². The predicted octanol–water partition coefficient (Wildman–Crippen LogP) is 0.377. The SMILES string of the molecule is CC[C@@H]([C@H](C)OC(=O)OC(C)OC(=O)C(=O)[O-])n1ncn(-c2ccc(N3CCN(c4ccc(OC[C@@H]5CO[C@@](Cn6cncn6)(c6ccc(F)cc6F)C5)cc4)CC3)cc2)c1=O.[Na+]. The number of carbonyl (C=O) groups excluding carboxylic acids is 3. The van der Waals surface area contributed by atoms with E-state index in [1.807, 2.05) is 48.5 Å². The maximum Gasteiger partial charge on any atom is 1.00 e. The Morgan fingerprint density at radius 1 is 0.889 bits per heavy atom. The minimum atomic E-state index is -2.09. The zero-order chi connectivity index (χ0) is 44.0. The number of ether oxygens (including phenoxy) is 5. The molecule has 2 aliphatic rings. The van der Waals surface area contributed by atoms with Gasteiger partial charge in [-0.1, -0.05) is 13.0 Å². The Kier molecular flexibility index (Phi) is 15.2. The van der Waals surface area contributed by atoms with Crippen molar-refractivity contribution in [1.82, 2.24) is 29.1 Å². The number of carboxylic acid groups (broad SMARTS) is 1. The summed E-state index contributed by atoms with van der Waals surface area (Å²) in [6, 6.07) is 18.3. The van der Waals surface area contributed by atoms with Crippen LogP contribution in [0.25, 0.3) is 5.69 Å². The molecule has 18 nitrogen and oxygen atoms in total. The molecule has 2 aromatic heterocycles. The molecule has 5 aromatic rings. The van der Waals surface area contributed by atoms with Crippen LogP contribution in [-0.4, -0.2) is 99.0 Å². The molecule has 2 fully saturated rings. The fourth-order valence-electron chi connectivity index (χ4n) is 7.84. The van der Waals surface area contributed by atoms with E-state index in [4.69, 9.17) is 18.9 Å². The van der Waals surface area contributed by atoms with Gasteiger partial charge in [-0.2, -0.15) is 10.2 Å². The Morgan fingerprint density at radius 2 is 1.54 bits per heavy atom. The third-order valence-electron chi connectivity index (χ3n) is 10.9. The third-order valence-corrected chi connectivity index (χ3v) is 10.9. The fourth-order valence-corrected chi connectivity index (χ4v) is 7.84. The number of halogens is 2. The maximum atomic E-state index is 15.0. The van der Waals surface area contributed by atoms with Crippen LogP contribution < -0.4 is 54.9 Å². The van der Waals surface area contributed by atoms with Crippen LogP contribution in [0.1, 0.15) is 45.2 Å². The number of anilines is 2. The third kappa shape index (κ3) is 11.0. The molecule has 4 heterocycles. The average molecular weight is 883 g/mol. The van der Waals surface area contributed by atoms with Crippen LogP contribution in [0.2, 0.25) is 0 Å². The van der Waals surface area contributed by atoms with Crippen LogP contribution >= 0.6 is 0 Å². The molecule has 3 aromatic carbocycles. The summed E-state index contributed by atoms with van der Waals surface area (Å²) in [6.45, 7) is 8.44. The van der Waals surface area contributed by atoms with E-state index in [2.05, 4.69) is 29.7 Å². The van der Waals surface area contributed by atoms with Gasteiger partial charge in [-0.15, -0.1) is 0 Å². The van der Waals surface area contributed by atoms with Gasteiger partial charge in [0.2, 0.25) is 6.29 Å². The Morgan fingerprint density at radius 3 is 2.14 bits per heavy atom. The van der Waals surface area contributed by atoms with Crippen molar-refractivity contribution < 1.29 is 81.5 Å². The molecule has 328 valence electrons. The number of carboxylic acids is 1. The van der Waals surface area contributed by atoms with Gasteiger partial charge in [0.1, 0.15) is 48.1 Å². The first-order chi connectivity index (χ1) is 29.8. The van der Waals surface area contributed by atoms with Crippen LogP contribution in [0.5, 0.6) is 5.75 Å². The van der Waals surface area contributed by atoms with Crippen LogP contribution in [-0.2, 0) is 40.7 Å². The standard InChI is InChI=1S/C42H46F2N8O10.Na/c1-4-37(27(2)60-41(57)62-28(3)61-39(55)38(53)54)52-40(56)51(26-47-52)33-8-6-31(7-9-33)48-15-17-49(18-16-48)32-10-12-34(13-11-32)58-21-29-20-42(59-22-29,23-50-25-45-24-46-50)35-14-5-30(43)19-36(35)44;/h5-14,19,24-29,37H,4,15-18,20-23H2,1-3H3,(H,53,54);/q;+1/p-1/t27-,28?,29+,37-,42-;/m0./s1. The van der Waals surface area contributed by atoms with Gasteiger partial charge < -0.3 is 43.4 Å². The first-order valence-corrected chi connectivity index (χ1v) is 20.0. The second-order valence-corrected chi connectivity index (χ2v) is 15.0. The van der Waals surface area contributed by atoms with Crippen molar-refractivity contribution in [3.63, 3.8) is 0 Å². The number of aromatic nitrogens is 6. The Hall–Kier alpha value is -5.83. The summed E-state index contributed by atoms with van der Waals surface area (Å²) < 4.78 is 59.8. The summed E-state index contributed by atoms with van der Waals surface area (Å²) >= 11 is 0. The second kappa shape index (κ2) is 20.6. The van der Waals surface area contributed by atoms with Gasteiger partial charge >= 0.3 is 47.4 Å². The van der Waals surface area contributed by atoms with Crippen LogP contribution in [0.3, 0.4) is 0 Å². The summed E-state index contributed by atoms with van der Waals surface area (Å²) in [4.78, 5) is 56.0. The van der Waals surface area contributed by atoms with Gasteiger partial charge in [-0.05, 0) is 74.4 Å². The van der Waals surface area contributed by atoms with Gasteiger partial charge in [-0.3, -0.25) is 0 Å². The maximum absolute atomic E-state index is 15.0. The summed E-state index contributed by atoms with van der Waals surface area (Å²) in [5.74, 6) is -4.47. The molecular formula is C42H45F2N8NaO10. The number of hydrogen-bond acceptors (Lipinski definition) is 15. The topological polar surface area (TPSA) is 197 Å². The Bertz CT molecular complexity index is 2390. The molecule has 0 radical (unpaired) electrons. The summed E-state index contributed by atoms with van der Waals surface area (Å²) in [5.41, 5.74) is 1.40. The fraction of sp³-hybridized carbons (Fsp3) is 0.405. The molecule has 0 amide bonds. The summed E-state index contributed by atoms with van der Waals surface area (Å²) in [5, 5.41) is 19.0. The quantitative estimate of drug-likeness (QED) is 0.0605. The zero-order valence-electron chi connectivity index (χ0n) is 35.2. The largest absolute Gasteiger partial charge is 1.00 e. The number of rotatable bonds is 15. The van der Waals surface area contributed by atoms with Crippen LogP contribution in [0, 0.1) is 17.6 Å². The number of carbonyl (C=O) groups is 3. The van der Waals surface area contributed by atoms with Crippen molar-refractivity contribution in [3.8, 4) is 11.4 Å². The first-order valence-electron chi connectivity index (χ1n) is 20.0. The van der Waals surface area contributed by atoms with Crippen molar-refractivity contribution >= 4 is 29.5 Å². The van der Waals surface area contributed by atoms with Crippen molar-refractivity contribution in [3.05, 3.63) is 113 Å². The van der Waals surface area contributed by atoms with E-state index in [0.29, 0.717) is 37.5 Å². The van der Waals surface area contributed by atoms with Crippen LogP contribution in [0.15, 0.2) is 90.5 Å². The minimum absolute atomic E-state index is 0. The number of benzene rings is 3. The number of aliphatic carboxylic acids is 1. The molecule has 0 spiro atoms. The number of piperazine rings is 1. The molecule has 0 bridgehead atoms. The van der Waals surface area contributed by atoms with Crippen molar-refractivity contribution in [1.29, 1.82) is 0 Å². The van der Waals surface area contributed by atoms with Gasteiger partial charge in [-0.25, -0.2) is 42.1 Å². The molecule has 21 heteroatoms. The van der Waals surface area contributed by atoms with Gasteiger partial charge in [0.25, 0.3) is 0 Å². The van der Waals surface area contributed by atoms with E-state index in [1.165, 1.54) is 40.4 Å². The van der Waals surface area contributed by atoms with E-state index in [-0.39, 0.29) is 47.6 Å². The first kappa shape index (κ1) is 46.7. The molecule has 0 saturated carbocycles. The molecule has 1 unspecified atom stereocenters. The molecule has 5 atom stereocenters.